The van der Waals surface area contributed by atoms with Gasteiger partial charge in [0.05, 0.1) is 6.54 Å². The zero-order chi connectivity index (χ0) is 15.2. The minimum absolute atomic E-state index is 0.124. The van der Waals surface area contributed by atoms with Gasteiger partial charge in [0.15, 0.2) is 0 Å². The molecule has 21 heavy (non-hydrogen) atoms. The van der Waals surface area contributed by atoms with Crippen LogP contribution in [0.4, 0.5) is 0 Å². The number of hydrogen-bond acceptors (Lipinski definition) is 3. The number of carbonyl (C=O) groups excluding carboxylic acids is 1. The quantitative estimate of drug-likeness (QED) is 0.855. The maximum atomic E-state index is 12.1. The van der Waals surface area contributed by atoms with E-state index in [4.69, 9.17) is 16.7 Å². The summed E-state index contributed by atoms with van der Waals surface area (Å²) in [6.07, 6.45) is 0. The first-order chi connectivity index (χ1) is 10.1. The fraction of sp³-hybridized carbons (Fsp3) is 0.188. The monoisotopic (exact) mass is 319 g/mol. The predicted molar refractivity (Wildman–Crippen MR) is 85.6 cm³/mol. The highest BCUT2D eigenvalue weighted by molar-refractivity contribution is 7.10. The average Bonchev–Trinajstić information content (AvgIpc) is 2.90. The summed E-state index contributed by atoms with van der Waals surface area (Å²) < 4.78 is 0. The molecule has 1 aromatic carbocycles. The second-order valence-corrected chi connectivity index (χ2v) is 5.84. The molecule has 2 aromatic rings. The summed E-state index contributed by atoms with van der Waals surface area (Å²) in [5, 5.41) is 14.0. The Morgan fingerprint density at radius 1 is 1.43 bits per heavy atom. The van der Waals surface area contributed by atoms with Crippen LogP contribution in [-0.4, -0.2) is 17.6 Å². The van der Waals surface area contributed by atoms with Gasteiger partial charge < -0.3 is 10.4 Å². The Morgan fingerprint density at radius 3 is 2.95 bits per heavy atom. The number of nitrogens with one attached hydrogen (secondary N) is 1. The van der Waals surface area contributed by atoms with E-state index in [2.05, 4.69) is 17.2 Å². The maximum Gasteiger partial charge on any atom is 0.251 e. The summed E-state index contributed by atoms with van der Waals surface area (Å²) in [6.45, 7) is 2.15. The van der Waals surface area contributed by atoms with Gasteiger partial charge in [-0.25, -0.2) is 0 Å². The van der Waals surface area contributed by atoms with Crippen molar-refractivity contribution in [1.29, 1.82) is 0 Å². The zero-order valence-electron chi connectivity index (χ0n) is 11.4. The number of benzene rings is 1. The third kappa shape index (κ3) is 4.33. The van der Waals surface area contributed by atoms with E-state index in [1.807, 2.05) is 18.4 Å². The van der Waals surface area contributed by atoms with Crippen molar-refractivity contribution in [2.24, 2.45) is 0 Å². The molecule has 0 aliphatic heterocycles. The van der Waals surface area contributed by atoms with Crippen LogP contribution in [0.15, 0.2) is 29.6 Å². The number of aryl methyl sites for hydroxylation is 1. The lowest BCUT2D eigenvalue weighted by atomic mass is 10.1. The van der Waals surface area contributed by atoms with Crippen molar-refractivity contribution in [2.45, 2.75) is 13.5 Å². The van der Waals surface area contributed by atoms with Gasteiger partial charge in [0.2, 0.25) is 0 Å². The molecule has 2 rings (SSSR count). The number of hydrogen-bond donors (Lipinski definition) is 2. The first-order valence-electron chi connectivity index (χ1n) is 6.31. The second kappa shape index (κ2) is 7.28. The van der Waals surface area contributed by atoms with Crippen LogP contribution in [0.2, 0.25) is 5.02 Å². The van der Waals surface area contributed by atoms with E-state index >= 15 is 0 Å². The summed E-state index contributed by atoms with van der Waals surface area (Å²) in [5.74, 6) is 5.30. The third-order valence-corrected chi connectivity index (χ3v) is 3.99. The molecule has 3 nitrogen and oxygen atoms in total. The maximum absolute atomic E-state index is 12.1. The van der Waals surface area contributed by atoms with E-state index in [0.717, 1.165) is 16.0 Å². The molecule has 0 bridgehead atoms. The van der Waals surface area contributed by atoms with Gasteiger partial charge in [0.1, 0.15) is 6.61 Å². The summed E-state index contributed by atoms with van der Waals surface area (Å²) >= 11 is 7.40. The Morgan fingerprint density at radius 2 is 2.24 bits per heavy atom. The SMILES string of the molecule is Cc1cc(Cl)ccc1C(=O)NCc1cc(C#CCO)cs1. The molecule has 108 valence electrons. The second-order valence-electron chi connectivity index (χ2n) is 4.40. The van der Waals surface area contributed by atoms with Crippen molar-refractivity contribution in [2.75, 3.05) is 6.61 Å². The molecule has 0 radical (unpaired) electrons. The highest BCUT2D eigenvalue weighted by atomic mass is 35.5. The molecule has 0 fully saturated rings. The number of aliphatic hydroxyl groups is 1. The number of rotatable bonds is 3. The summed E-state index contributed by atoms with van der Waals surface area (Å²) in [4.78, 5) is 13.1. The number of thiophene rings is 1. The molecule has 1 amide bonds. The van der Waals surface area contributed by atoms with Crippen molar-refractivity contribution in [3.05, 3.63) is 56.2 Å². The molecule has 1 aromatic heterocycles. The van der Waals surface area contributed by atoms with Crippen molar-refractivity contribution in [3.8, 4) is 11.8 Å². The molecule has 5 heteroatoms. The Kier molecular flexibility index (Phi) is 5.40. The minimum Gasteiger partial charge on any atom is -0.384 e. The highest BCUT2D eigenvalue weighted by Gasteiger charge is 2.09. The standard InChI is InChI=1S/C16H14ClNO2S/c1-11-7-13(17)4-5-15(11)16(20)18-9-14-8-12(10-21-14)3-2-6-19/h4-5,7-8,10,19H,6,9H2,1H3,(H,18,20). The van der Waals surface area contributed by atoms with Gasteiger partial charge in [-0.2, -0.15) is 0 Å². The first-order valence-corrected chi connectivity index (χ1v) is 7.57. The largest absolute Gasteiger partial charge is 0.384 e. The molecule has 0 saturated carbocycles. The molecule has 0 saturated heterocycles. The van der Waals surface area contributed by atoms with E-state index in [9.17, 15) is 4.79 Å². The van der Waals surface area contributed by atoms with Crippen molar-refractivity contribution >= 4 is 28.8 Å². The van der Waals surface area contributed by atoms with Crippen LogP contribution < -0.4 is 5.32 Å². The van der Waals surface area contributed by atoms with Gasteiger partial charge in [-0.3, -0.25) is 4.79 Å². The van der Waals surface area contributed by atoms with Crippen molar-refractivity contribution in [1.82, 2.24) is 5.32 Å². The Hall–Kier alpha value is -1.80. The van der Waals surface area contributed by atoms with E-state index in [-0.39, 0.29) is 12.5 Å². The van der Waals surface area contributed by atoms with E-state index in [0.29, 0.717) is 17.1 Å². The van der Waals surface area contributed by atoms with Crippen LogP contribution in [0.5, 0.6) is 0 Å². The van der Waals surface area contributed by atoms with Gasteiger partial charge >= 0.3 is 0 Å². The fourth-order valence-electron chi connectivity index (χ4n) is 1.82. The van der Waals surface area contributed by atoms with Crippen LogP contribution in [0.25, 0.3) is 0 Å². The number of amides is 1. The molecule has 0 aliphatic rings. The molecule has 2 N–H and O–H groups in total. The van der Waals surface area contributed by atoms with Crippen LogP contribution >= 0.6 is 22.9 Å². The van der Waals surface area contributed by atoms with Gasteiger partial charge in [0, 0.05) is 26.4 Å². The lowest BCUT2D eigenvalue weighted by Gasteiger charge is -2.07. The number of halogens is 1. The minimum atomic E-state index is -0.155. The van der Waals surface area contributed by atoms with Gasteiger partial charge in [-0.1, -0.05) is 23.4 Å². The van der Waals surface area contributed by atoms with E-state index < -0.39 is 0 Å². The Bertz CT molecular complexity index is 713. The summed E-state index contributed by atoms with van der Waals surface area (Å²) in [7, 11) is 0. The van der Waals surface area contributed by atoms with Crippen LogP contribution in [-0.2, 0) is 6.54 Å². The average molecular weight is 320 g/mol. The summed E-state index contributed by atoms with van der Waals surface area (Å²) in [6, 6.07) is 7.10. The number of aliphatic hydroxyl groups excluding tert-OH is 1. The Balaban J connectivity index is 1.99. The molecule has 0 spiro atoms. The van der Waals surface area contributed by atoms with E-state index in [1.54, 1.807) is 18.2 Å². The summed E-state index contributed by atoms with van der Waals surface area (Å²) in [5.41, 5.74) is 2.32. The lowest BCUT2D eigenvalue weighted by molar-refractivity contribution is 0.0950. The Labute approximate surface area is 132 Å². The number of carbonyl (C=O) groups is 1. The zero-order valence-corrected chi connectivity index (χ0v) is 13.0. The van der Waals surface area contributed by atoms with Gasteiger partial charge in [-0.15, -0.1) is 11.3 Å². The fourth-order valence-corrected chi connectivity index (χ4v) is 2.81. The lowest BCUT2D eigenvalue weighted by Crippen LogP contribution is -2.23. The van der Waals surface area contributed by atoms with Crippen LogP contribution in [0.1, 0.15) is 26.4 Å². The molecular formula is C16H14ClNO2S. The van der Waals surface area contributed by atoms with Gasteiger partial charge in [-0.05, 0) is 36.8 Å². The molecule has 0 aliphatic carbocycles. The molecular weight excluding hydrogens is 306 g/mol. The topological polar surface area (TPSA) is 49.3 Å². The normalized spacial score (nSPS) is 9.86. The van der Waals surface area contributed by atoms with E-state index in [1.165, 1.54) is 11.3 Å². The third-order valence-electron chi connectivity index (χ3n) is 2.82. The van der Waals surface area contributed by atoms with Crippen molar-refractivity contribution < 1.29 is 9.90 Å². The van der Waals surface area contributed by atoms with Crippen LogP contribution in [0.3, 0.4) is 0 Å². The molecule has 0 unspecified atom stereocenters. The smallest absolute Gasteiger partial charge is 0.251 e. The van der Waals surface area contributed by atoms with Gasteiger partial charge in [0.25, 0.3) is 5.91 Å². The van der Waals surface area contributed by atoms with Crippen molar-refractivity contribution in [3.63, 3.8) is 0 Å². The first kappa shape index (κ1) is 15.6. The van der Waals surface area contributed by atoms with Crippen LogP contribution in [0, 0.1) is 18.8 Å². The molecule has 0 atom stereocenters. The highest BCUT2D eigenvalue weighted by Crippen LogP contribution is 2.16. The predicted octanol–water partition coefficient (Wildman–Crippen LogP) is 2.98. The molecule has 1 heterocycles.